The minimum Gasteiger partial charge on any atom is -0.310 e. The fourth-order valence-electron chi connectivity index (χ4n) is 6.76. The molecule has 2 heteroatoms. The maximum atomic E-state index is 2.37. The Labute approximate surface area is 272 Å². The van der Waals surface area contributed by atoms with E-state index in [1.165, 1.54) is 64.0 Å². The molecule has 0 bridgehead atoms. The lowest BCUT2D eigenvalue weighted by Gasteiger charge is -2.26. The topological polar surface area (TPSA) is 3.24 Å². The molecule has 0 radical (unpaired) electrons. The van der Waals surface area contributed by atoms with Gasteiger partial charge in [0.1, 0.15) is 0 Å². The van der Waals surface area contributed by atoms with Crippen molar-refractivity contribution >= 4 is 70.1 Å². The van der Waals surface area contributed by atoms with Crippen molar-refractivity contribution in [1.82, 2.24) is 0 Å². The van der Waals surface area contributed by atoms with Crippen LogP contribution < -0.4 is 4.90 Å². The van der Waals surface area contributed by atoms with E-state index < -0.39 is 0 Å². The van der Waals surface area contributed by atoms with Gasteiger partial charge in [0, 0.05) is 37.2 Å². The Morgan fingerprint density at radius 2 is 0.870 bits per heavy atom. The van der Waals surface area contributed by atoms with Crippen LogP contribution in [0.3, 0.4) is 0 Å². The summed E-state index contributed by atoms with van der Waals surface area (Å²) in [6, 6.07) is 64.0. The molecule has 0 amide bonds. The van der Waals surface area contributed by atoms with Gasteiger partial charge in [-0.1, -0.05) is 121 Å². The quantitative estimate of drug-likeness (QED) is 0.189. The molecule has 1 nitrogen and oxygen atoms in total. The molecule has 0 aliphatic heterocycles. The summed E-state index contributed by atoms with van der Waals surface area (Å²) in [7, 11) is 0. The average Bonchev–Trinajstić information content (AvgIpc) is 3.50. The summed E-state index contributed by atoms with van der Waals surface area (Å²) in [5.41, 5.74) is 8.39. The van der Waals surface area contributed by atoms with E-state index in [1.807, 2.05) is 11.3 Å². The maximum absolute atomic E-state index is 2.37. The molecule has 9 aromatic rings. The van der Waals surface area contributed by atoms with E-state index in [1.54, 1.807) is 0 Å². The monoisotopic (exact) mass is 603 g/mol. The Morgan fingerprint density at radius 3 is 1.67 bits per heavy atom. The lowest BCUT2D eigenvalue weighted by Crippen LogP contribution is -2.09. The predicted octanol–water partition coefficient (Wildman–Crippen LogP) is 13.2. The SMILES string of the molecule is c1ccc(N(c2ccc3cc(-c4ccccc4-c4ccc5ccccc5c4)ccc3c2)c2ccc3c(c2)sc2ccccc23)cc1. The third-order valence-corrected chi connectivity index (χ3v) is 10.1. The van der Waals surface area contributed by atoms with Gasteiger partial charge >= 0.3 is 0 Å². The Morgan fingerprint density at radius 1 is 0.326 bits per heavy atom. The van der Waals surface area contributed by atoms with Crippen molar-refractivity contribution in [3.63, 3.8) is 0 Å². The smallest absolute Gasteiger partial charge is 0.0476 e. The van der Waals surface area contributed by atoms with Crippen LogP contribution in [0.25, 0.3) is 64.0 Å². The summed E-state index contributed by atoms with van der Waals surface area (Å²) in [4.78, 5) is 2.37. The molecule has 216 valence electrons. The number of hydrogen-bond donors (Lipinski definition) is 0. The van der Waals surface area contributed by atoms with Crippen molar-refractivity contribution in [2.75, 3.05) is 4.90 Å². The molecular weight excluding hydrogens is 575 g/mol. The van der Waals surface area contributed by atoms with Crippen LogP contribution in [0.2, 0.25) is 0 Å². The van der Waals surface area contributed by atoms with Crippen molar-refractivity contribution in [2.45, 2.75) is 0 Å². The normalized spacial score (nSPS) is 11.5. The molecule has 8 aromatic carbocycles. The number of anilines is 3. The molecule has 0 saturated carbocycles. The van der Waals surface area contributed by atoms with Crippen LogP contribution in [-0.4, -0.2) is 0 Å². The standard InChI is InChI=1S/C44H29NS/c1-2-12-36(13-3-1)45(38-24-25-42-41-16-8-9-17-43(41)46-44(42)29-38)37-23-22-32-27-35(21-19-33(32)28-37)40-15-7-6-14-39(40)34-20-18-30-10-4-5-11-31(30)26-34/h1-29H. The molecule has 0 N–H and O–H groups in total. The zero-order valence-electron chi connectivity index (χ0n) is 25.1. The second-order valence-electron chi connectivity index (χ2n) is 11.8. The Hall–Kier alpha value is -5.70. The van der Waals surface area contributed by atoms with Gasteiger partial charge in [-0.05, 0) is 98.4 Å². The molecule has 0 unspecified atom stereocenters. The first kappa shape index (κ1) is 26.7. The Kier molecular flexibility index (Phi) is 6.40. The van der Waals surface area contributed by atoms with Crippen molar-refractivity contribution in [3.8, 4) is 22.3 Å². The van der Waals surface area contributed by atoms with E-state index in [9.17, 15) is 0 Å². The van der Waals surface area contributed by atoms with Crippen LogP contribution in [0.15, 0.2) is 176 Å². The van der Waals surface area contributed by atoms with Crippen LogP contribution in [0.5, 0.6) is 0 Å². The molecule has 0 atom stereocenters. The third-order valence-electron chi connectivity index (χ3n) is 9.02. The van der Waals surface area contributed by atoms with Gasteiger partial charge in [0.2, 0.25) is 0 Å². The van der Waals surface area contributed by atoms with Gasteiger partial charge in [-0.15, -0.1) is 11.3 Å². The largest absolute Gasteiger partial charge is 0.310 e. The number of fused-ring (bicyclic) bond motifs is 5. The van der Waals surface area contributed by atoms with Crippen molar-refractivity contribution in [3.05, 3.63) is 176 Å². The van der Waals surface area contributed by atoms with Crippen LogP contribution in [-0.2, 0) is 0 Å². The highest BCUT2D eigenvalue weighted by Crippen LogP contribution is 2.42. The lowest BCUT2D eigenvalue weighted by molar-refractivity contribution is 1.30. The van der Waals surface area contributed by atoms with E-state index in [-0.39, 0.29) is 0 Å². The van der Waals surface area contributed by atoms with E-state index in [2.05, 4.69) is 181 Å². The highest BCUT2D eigenvalue weighted by molar-refractivity contribution is 7.25. The highest BCUT2D eigenvalue weighted by Gasteiger charge is 2.16. The fraction of sp³-hybridized carbons (Fsp3) is 0. The van der Waals surface area contributed by atoms with Crippen LogP contribution in [0, 0.1) is 0 Å². The van der Waals surface area contributed by atoms with Gasteiger partial charge in [-0.2, -0.15) is 0 Å². The van der Waals surface area contributed by atoms with Crippen LogP contribution >= 0.6 is 11.3 Å². The molecule has 0 spiro atoms. The first-order chi connectivity index (χ1) is 22.8. The first-order valence-corrected chi connectivity index (χ1v) is 16.5. The van der Waals surface area contributed by atoms with Crippen molar-refractivity contribution in [2.24, 2.45) is 0 Å². The summed E-state index contributed by atoms with van der Waals surface area (Å²) in [6.07, 6.45) is 0. The lowest BCUT2D eigenvalue weighted by atomic mass is 9.92. The molecule has 0 saturated heterocycles. The average molecular weight is 604 g/mol. The summed E-state index contributed by atoms with van der Waals surface area (Å²) in [6.45, 7) is 0. The number of hydrogen-bond acceptors (Lipinski definition) is 2. The van der Waals surface area contributed by atoms with Gasteiger partial charge in [-0.25, -0.2) is 0 Å². The fourth-order valence-corrected chi connectivity index (χ4v) is 7.90. The first-order valence-electron chi connectivity index (χ1n) is 15.7. The number of para-hydroxylation sites is 1. The van der Waals surface area contributed by atoms with Crippen LogP contribution in [0.1, 0.15) is 0 Å². The molecule has 0 fully saturated rings. The molecule has 0 aliphatic carbocycles. The van der Waals surface area contributed by atoms with Gasteiger partial charge in [0.05, 0.1) is 0 Å². The zero-order valence-corrected chi connectivity index (χ0v) is 25.9. The van der Waals surface area contributed by atoms with Crippen molar-refractivity contribution < 1.29 is 0 Å². The van der Waals surface area contributed by atoms with E-state index in [4.69, 9.17) is 0 Å². The third kappa shape index (κ3) is 4.63. The molecule has 1 heterocycles. The predicted molar refractivity (Wildman–Crippen MR) is 200 cm³/mol. The van der Waals surface area contributed by atoms with Crippen LogP contribution in [0.4, 0.5) is 17.1 Å². The summed E-state index contributed by atoms with van der Waals surface area (Å²) < 4.78 is 2.62. The minimum atomic E-state index is 1.14. The van der Waals surface area contributed by atoms with Crippen molar-refractivity contribution in [1.29, 1.82) is 0 Å². The summed E-state index contributed by atoms with van der Waals surface area (Å²) in [5, 5.41) is 7.60. The number of thiophene rings is 1. The summed E-state index contributed by atoms with van der Waals surface area (Å²) >= 11 is 1.86. The highest BCUT2D eigenvalue weighted by atomic mass is 32.1. The zero-order chi connectivity index (χ0) is 30.5. The summed E-state index contributed by atoms with van der Waals surface area (Å²) in [5.74, 6) is 0. The molecule has 0 aliphatic rings. The van der Waals surface area contributed by atoms with Gasteiger partial charge in [-0.3, -0.25) is 0 Å². The maximum Gasteiger partial charge on any atom is 0.0476 e. The number of benzene rings is 8. The van der Waals surface area contributed by atoms with E-state index in [0.717, 1.165) is 17.1 Å². The van der Waals surface area contributed by atoms with E-state index >= 15 is 0 Å². The van der Waals surface area contributed by atoms with Gasteiger partial charge < -0.3 is 4.90 Å². The molecule has 9 rings (SSSR count). The minimum absolute atomic E-state index is 1.14. The molecule has 1 aromatic heterocycles. The number of nitrogens with zero attached hydrogens (tertiary/aromatic N) is 1. The Bertz CT molecular complexity index is 2540. The Balaban J connectivity index is 1.13. The number of rotatable bonds is 5. The van der Waals surface area contributed by atoms with Gasteiger partial charge in [0.15, 0.2) is 0 Å². The molecular formula is C44H29NS. The second-order valence-corrected chi connectivity index (χ2v) is 12.9. The molecule has 46 heavy (non-hydrogen) atoms. The van der Waals surface area contributed by atoms with E-state index in [0.29, 0.717) is 0 Å². The second kappa shape index (κ2) is 11.0. The van der Waals surface area contributed by atoms with Gasteiger partial charge in [0.25, 0.3) is 0 Å².